The SMILES string of the molecule is CN=C(NCc1ccccc1COCc1ccccc1)NC1CCN(C2CCCC2)C1.I. The highest BCUT2D eigenvalue weighted by molar-refractivity contribution is 14.0. The monoisotopic (exact) mass is 548 g/mol. The normalized spacial score (nSPS) is 19.7. The number of ether oxygens (including phenoxy) is 1. The van der Waals surface area contributed by atoms with Gasteiger partial charge >= 0.3 is 0 Å². The Bertz CT molecular complexity index is 839. The van der Waals surface area contributed by atoms with E-state index in [0.29, 0.717) is 19.3 Å². The Morgan fingerprint density at radius 3 is 2.44 bits per heavy atom. The minimum atomic E-state index is 0. The summed E-state index contributed by atoms with van der Waals surface area (Å²) in [7, 11) is 1.86. The zero-order chi connectivity index (χ0) is 21.3. The van der Waals surface area contributed by atoms with E-state index in [2.05, 4.69) is 56.9 Å². The fraction of sp³-hybridized carbons (Fsp3) is 0.500. The van der Waals surface area contributed by atoms with Crippen molar-refractivity contribution in [3.8, 4) is 0 Å². The molecule has 1 heterocycles. The van der Waals surface area contributed by atoms with Crippen LogP contribution in [-0.4, -0.2) is 43.1 Å². The molecule has 0 amide bonds. The van der Waals surface area contributed by atoms with E-state index in [0.717, 1.165) is 25.1 Å². The van der Waals surface area contributed by atoms with Gasteiger partial charge in [0, 0.05) is 38.8 Å². The number of nitrogens with one attached hydrogen (secondary N) is 2. The number of guanidine groups is 1. The van der Waals surface area contributed by atoms with E-state index in [-0.39, 0.29) is 24.0 Å². The average molecular weight is 549 g/mol. The van der Waals surface area contributed by atoms with Crippen LogP contribution < -0.4 is 10.6 Å². The van der Waals surface area contributed by atoms with Gasteiger partial charge in [-0.15, -0.1) is 24.0 Å². The zero-order valence-electron chi connectivity index (χ0n) is 19.1. The first-order valence-electron chi connectivity index (χ1n) is 11.7. The van der Waals surface area contributed by atoms with Crippen LogP contribution in [0.1, 0.15) is 48.8 Å². The standard InChI is InChI=1S/C26H36N4O.HI/c1-27-26(29-24-15-16-30(18-24)25-13-7-8-14-25)28-17-22-11-5-6-12-23(22)20-31-19-21-9-3-2-4-10-21;/h2-6,9-12,24-25H,7-8,13-20H2,1H3,(H2,27,28,29);1H. The molecular formula is C26H37IN4O. The molecule has 1 saturated heterocycles. The van der Waals surface area contributed by atoms with Crippen LogP contribution in [-0.2, 0) is 24.5 Å². The number of nitrogens with zero attached hydrogens (tertiary/aromatic N) is 2. The number of likely N-dealkylation sites (tertiary alicyclic amines) is 1. The van der Waals surface area contributed by atoms with E-state index in [4.69, 9.17) is 4.74 Å². The lowest BCUT2D eigenvalue weighted by molar-refractivity contribution is 0.106. The van der Waals surface area contributed by atoms with Crippen molar-refractivity contribution in [2.45, 2.75) is 63.9 Å². The maximum atomic E-state index is 5.97. The van der Waals surface area contributed by atoms with Crippen LogP contribution >= 0.6 is 24.0 Å². The van der Waals surface area contributed by atoms with Crippen molar-refractivity contribution in [1.29, 1.82) is 0 Å². The number of hydrogen-bond acceptors (Lipinski definition) is 3. The Labute approximate surface area is 210 Å². The van der Waals surface area contributed by atoms with Crippen LogP contribution in [0.5, 0.6) is 0 Å². The van der Waals surface area contributed by atoms with Gasteiger partial charge in [-0.05, 0) is 36.0 Å². The molecule has 1 saturated carbocycles. The van der Waals surface area contributed by atoms with Gasteiger partial charge < -0.3 is 15.4 Å². The average Bonchev–Trinajstić information content (AvgIpc) is 3.50. The Balaban J connectivity index is 0.00000289. The summed E-state index contributed by atoms with van der Waals surface area (Å²) in [6.07, 6.45) is 6.75. The van der Waals surface area contributed by atoms with Crippen LogP contribution in [0.2, 0.25) is 0 Å². The van der Waals surface area contributed by atoms with Gasteiger partial charge in [0.05, 0.1) is 13.2 Å². The Hall–Kier alpha value is -1.64. The molecule has 0 radical (unpaired) electrons. The molecule has 0 spiro atoms. The van der Waals surface area contributed by atoms with Crippen molar-refractivity contribution in [2.24, 2.45) is 4.99 Å². The number of benzene rings is 2. The summed E-state index contributed by atoms with van der Waals surface area (Å²) in [6.45, 7) is 4.32. The Morgan fingerprint density at radius 2 is 1.69 bits per heavy atom. The first-order valence-corrected chi connectivity index (χ1v) is 11.7. The highest BCUT2D eigenvalue weighted by atomic mass is 127. The first kappa shape index (κ1) is 25.0. The van der Waals surface area contributed by atoms with Crippen molar-refractivity contribution in [1.82, 2.24) is 15.5 Å². The van der Waals surface area contributed by atoms with E-state index < -0.39 is 0 Å². The topological polar surface area (TPSA) is 48.9 Å². The largest absolute Gasteiger partial charge is 0.372 e. The molecule has 2 aliphatic rings. The van der Waals surface area contributed by atoms with Crippen molar-refractivity contribution in [2.75, 3.05) is 20.1 Å². The Kier molecular flexibility index (Phi) is 10.3. The quantitative estimate of drug-likeness (QED) is 0.285. The number of hydrogen-bond donors (Lipinski definition) is 2. The molecule has 174 valence electrons. The van der Waals surface area contributed by atoms with Gasteiger partial charge in [-0.25, -0.2) is 0 Å². The van der Waals surface area contributed by atoms with E-state index in [1.165, 1.54) is 55.3 Å². The predicted molar refractivity (Wildman–Crippen MR) is 142 cm³/mol. The van der Waals surface area contributed by atoms with Crippen molar-refractivity contribution in [3.63, 3.8) is 0 Å². The second kappa shape index (κ2) is 13.2. The van der Waals surface area contributed by atoms with Crippen LogP contribution in [0.3, 0.4) is 0 Å². The number of aliphatic imine (C=N–C) groups is 1. The molecule has 2 aromatic carbocycles. The van der Waals surface area contributed by atoms with Gasteiger partial charge in [0.1, 0.15) is 0 Å². The molecular weight excluding hydrogens is 511 g/mol. The predicted octanol–water partition coefficient (Wildman–Crippen LogP) is 4.70. The fourth-order valence-corrected chi connectivity index (χ4v) is 4.80. The van der Waals surface area contributed by atoms with Crippen LogP contribution in [0.4, 0.5) is 0 Å². The summed E-state index contributed by atoms with van der Waals surface area (Å²) in [5.41, 5.74) is 3.66. The third-order valence-electron chi connectivity index (χ3n) is 6.56. The second-order valence-electron chi connectivity index (χ2n) is 8.74. The molecule has 2 N–H and O–H groups in total. The summed E-state index contributed by atoms with van der Waals surface area (Å²) in [5, 5.41) is 7.15. The zero-order valence-corrected chi connectivity index (χ0v) is 21.5. The van der Waals surface area contributed by atoms with Crippen molar-refractivity contribution < 1.29 is 4.74 Å². The van der Waals surface area contributed by atoms with E-state index >= 15 is 0 Å². The molecule has 5 nitrogen and oxygen atoms in total. The summed E-state index contributed by atoms with van der Waals surface area (Å²) < 4.78 is 5.97. The minimum absolute atomic E-state index is 0. The molecule has 1 atom stereocenters. The minimum Gasteiger partial charge on any atom is -0.372 e. The van der Waals surface area contributed by atoms with Crippen LogP contribution in [0.25, 0.3) is 0 Å². The first-order chi connectivity index (χ1) is 15.3. The van der Waals surface area contributed by atoms with Crippen LogP contribution in [0, 0.1) is 0 Å². The molecule has 32 heavy (non-hydrogen) atoms. The van der Waals surface area contributed by atoms with Gasteiger partial charge in [-0.3, -0.25) is 9.89 Å². The smallest absolute Gasteiger partial charge is 0.191 e. The summed E-state index contributed by atoms with van der Waals surface area (Å²) in [5.74, 6) is 0.887. The molecule has 0 aromatic heterocycles. The highest BCUT2D eigenvalue weighted by Crippen LogP contribution is 2.26. The van der Waals surface area contributed by atoms with Gasteiger partial charge in [0.25, 0.3) is 0 Å². The van der Waals surface area contributed by atoms with Gasteiger partial charge in [-0.1, -0.05) is 67.4 Å². The fourth-order valence-electron chi connectivity index (χ4n) is 4.80. The molecule has 1 aliphatic heterocycles. The van der Waals surface area contributed by atoms with Crippen molar-refractivity contribution in [3.05, 3.63) is 71.3 Å². The summed E-state index contributed by atoms with van der Waals surface area (Å²) in [6, 6.07) is 20.1. The second-order valence-corrected chi connectivity index (χ2v) is 8.74. The molecule has 1 unspecified atom stereocenters. The molecule has 2 fully saturated rings. The van der Waals surface area contributed by atoms with Crippen molar-refractivity contribution >= 4 is 29.9 Å². The Morgan fingerprint density at radius 1 is 0.969 bits per heavy atom. The highest BCUT2D eigenvalue weighted by Gasteiger charge is 2.30. The maximum Gasteiger partial charge on any atom is 0.191 e. The van der Waals surface area contributed by atoms with Gasteiger partial charge in [-0.2, -0.15) is 0 Å². The molecule has 4 rings (SSSR count). The molecule has 1 aliphatic carbocycles. The molecule has 2 aromatic rings. The lowest BCUT2D eigenvalue weighted by Gasteiger charge is -2.24. The van der Waals surface area contributed by atoms with E-state index in [1.807, 2.05) is 25.2 Å². The molecule has 6 heteroatoms. The maximum absolute atomic E-state index is 5.97. The molecule has 0 bridgehead atoms. The third kappa shape index (κ3) is 7.18. The summed E-state index contributed by atoms with van der Waals surface area (Å²) in [4.78, 5) is 7.14. The lowest BCUT2D eigenvalue weighted by atomic mass is 10.1. The summed E-state index contributed by atoms with van der Waals surface area (Å²) >= 11 is 0. The lowest BCUT2D eigenvalue weighted by Crippen LogP contribution is -2.45. The number of rotatable bonds is 8. The van der Waals surface area contributed by atoms with E-state index in [9.17, 15) is 0 Å². The van der Waals surface area contributed by atoms with Gasteiger partial charge in [0.2, 0.25) is 0 Å². The van der Waals surface area contributed by atoms with Gasteiger partial charge in [0.15, 0.2) is 5.96 Å². The number of halogens is 1. The van der Waals surface area contributed by atoms with E-state index in [1.54, 1.807) is 0 Å². The third-order valence-corrected chi connectivity index (χ3v) is 6.56. The van der Waals surface area contributed by atoms with Crippen LogP contribution in [0.15, 0.2) is 59.6 Å².